The summed E-state index contributed by atoms with van der Waals surface area (Å²) in [6.07, 6.45) is 0. The number of aliphatic hydroxyl groups is 1. The Morgan fingerprint density at radius 2 is 1.57 bits per heavy atom. The van der Waals surface area contributed by atoms with Gasteiger partial charge in [0.15, 0.2) is 0 Å². The lowest BCUT2D eigenvalue weighted by Gasteiger charge is -2.36. The van der Waals surface area contributed by atoms with Crippen molar-refractivity contribution >= 4 is 5.82 Å². The number of piperazine rings is 1. The molecule has 1 saturated heterocycles. The predicted molar refractivity (Wildman–Crippen MR) is 95.2 cm³/mol. The fourth-order valence-corrected chi connectivity index (χ4v) is 2.66. The molecule has 0 atom stereocenters. The first kappa shape index (κ1) is 18.1. The molecule has 0 radical (unpaired) electrons. The second-order valence-corrected chi connectivity index (χ2v) is 8.49. The molecule has 2 rings (SSSR count). The van der Waals surface area contributed by atoms with Crippen LogP contribution in [0.3, 0.4) is 0 Å². The Bertz CT molecular complexity index is 491. The molecule has 0 bridgehead atoms. The standard InChI is InChI=1S/C18H32N4O/c1-17(2,3)14-13-15(20-16(19-14)18(4,5)6)22-9-7-21(8-10-22)11-12-23/h13,23H,7-12H2,1-6H3. The van der Waals surface area contributed by atoms with E-state index in [9.17, 15) is 0 Å². The van der Waals surface area contributed by atoms with Crippen LogP contribution in [-0.4, -0.2) is 59.3 Å². The van der Waals surface area contributed by atoms with Crippen LogP contribution >= 0.6 is 0 Å². The topological polar surface area (TPSA) is 52.5 Å². The first-order valence-electron chi connectivity index (χ1n) is 8.59. The monoisotopic (exact) mass is 320 g/mol. The first-order valence-corrected chi connectivity index (χ1v) is 8.59. The van der Waals surface area contributed by atoms with Crippen molar-refractivity contribution in [1.82, 2.24) is 14.9 Å². The molecule has 1 aromatic heterocycles. The highest BCUT2D eigenvalue weighted by atomic mass is 16.3. The first-order chi connectivity index (χ1) is 10.6. The summed E-state index contributed by atoms with van der Waals surface area (Å²) in [5.41, 5.74) is 1.05. The molecule has 23 heavy (non-hydrogen) atoms. The van der Waals surface area contributed by atoms with Crippen LogP contribution in [0, 0.1) is 0 Å². The normalized spacial score (nSPS) is 17.6. The van der Waals surface area contributed by atoms with Crippen LogP contribution in [-0.2, 0) is 10.8 Å². The van der Waals surface area contributed by atoms with Crippen molar-refractivity contribution in [3.63, 3.8) is 0 Å². The Morgan fingerprint density at radius 1 is 0.957 bits per heavy atom. The Morgan fingerprint density at radius 3 is 2.04 bits per heavy atom. The average molecular weight is 320 g/mol. The second-order valence-electron chi connectivity index (χ2n) is 8.49. The Kier molecular flexibility index (Phi) is 5.31. The molecule has 0 spiro atoms. The van der Waals surface area contributed by atoms with E-state index in [4.69, 9.17) is 15.1 Å². The molecule has 1 N–H and O–H groups in total. The molecular weight excluding hydrogens is 288 g/mol. The predicted octanol–water partition coefficient (Wildman–Crippen LogP) is 2.19. The molecule has 5 nitrogen and oxygen atoms in total. The molecule has 1 aliphatic heterocycles. The van der Waals surface area contributed by atoms with Gasteiger partial charge in [0.05, 0.1) is 12.3 Å². The highest BCUT2D eigenvalue weighted by Gasteiger charge is 2.26. The van der Waals surface area contributed by atoms with Crippen LogP contribution in [0.15, 0.2) is 6.07 Å². The fourth-order valence-electron chi connectivity index (χ4n) is 2.66. The van der Waals surface area contributed by atoms with Gasteiger partial charge in [-0.15, -0.1) is 0 Å². The van der Waals surface area contributed by atoms with E-state index in [1.54, 1.807) is 0 Å². The van der Waals surface area contributed by atoms with Crippen LogP contribution in [0.25, 0.3) is 0 Å². The number of hydrogen-bond acceptors (Lipinski definition) is 5. The smallest absolute Gasteiger partial charge is 0.136 e. The van der Waals surface area contributed by atoms with Crippen molar-refractivity contribution in [2.24, 2.45) is 0 Å². The van der Waals surface area contributed by atoms with Gasteiger partial charge in [-0.05, 0) is 0 Å². The number of hydrogen-bond donors (Lipinski definition) is 1. The minimum atomic E-state index is -0.0608. The van der Waals surface area contributed by atoms with Gasteiger partial charge in [-0.1, -0.05) is 41.5 Å². The Balaban J connectivity index is 2.28. The van der Waals surface area contributed by atoms with E-state index < -0.39 is 0 Å². The Labute approximate surface area is 140 Å². The van der Waals surface area contributed by atoms with E-state index in [1.807, 2.05) is 0 Å². The summed E-state index contributed by atoms with van der Waals surface area (Å²) in [4.78, 5) is 14.3. The minimum Gasteiger partial charge on any atom is -0.395 e. The molecule has 0 unspecified atom stereocenters. The molecule has 0 amide bonds. The van der Waals surface area contributed by atoms with E-state index >= 15 is 0 Å². The minimum absolute atomic E-state index is 0.0103. The molecule has 0 aliphatic carbocycles. The van der Waals surface area contributed by atoms with Gasteiger partial charge in [-0.25, -0.2) is 9.97 Å². The molecule has 0 aromatic carbocycles. The largest absolute Gasteiger partial charge is 0.395 e. The number of anilines is 1. The van der Waals surface area contributed by atoms with Gasteiger partial charge < -0.3 is 10.0 Å². The third-order valence-electron chi connectivity index (χ3n) is 4.26. The summed E-state index contributed by atoms with van der Waals surface area (Å²) in [5, 5.41) is 9.08. The lowest BCUT2D eigenvalue weighted by atomic mass is 9.90. The Hall–Kier alpha value is -1.20. The lowest BCUT2D eigenvalue weighted by molar-refractivity contribution is 0.188. The summed E-state index contributed by atoms with van der Waals surface area (Å²) in [6, 6.07) is 2.15. The number of aromatic nitrogens is 2. The van der Waals surface area contributed by atoms with E-state index in [2.05, 4.69) is 57.4 Å². The van der Waals surface area contributed by atoms with Crippen LogP contribution in [0.1, 0.15) is 53.1 Å². The van der Waals surface area contributed by atoms with Gasteiger partial charge in [-0.2, -0.15) is 0 Å². The van der Waals surface area contributed by atoms with Crippen molar-refractivity contribution in [2.75, 3.05) is 44.2 Å². The van der Waals surface area contributed by atoms with Crippen molar-refractivity contribution in [3.8, 4) is 0 Å². The third kappa shape index (κ3) is 4.64. The van der Waals surface area contributed by atoms with Crippen molar-refractivity contribution in [2.45, 2.75) is 52.4 Å². The van der Waals surface area contributed by atoms with Crippen LogP contribution < -0.4 is 4.90 Å². The van der Waals surface area contributed by atoms with E-state index in [-0.39, 0.29) is 17.4 Å². The fraction of sp³-hybridized carbons (Fsp3) is 0.778. The second kappa shape index (κ2) is 6.73. The molecule has 1 aromatic rings. The maximum absolute atomic E-state index is 9.08. The van der Waals surface area contributed by atoms with Gasteiger partial charge in [-0.3, -0.25) is 4.90 Å². The summed E-state index contributed by atoms with van der Waals surface area (Å²) >= 11 is 0. The molecule has 2 heterocycles. The highest BCUT2D eigenvalue weighted by molar-refractivity contribution is 5.42. The van der Waals surface area contributed by atoms with Crippen LogP contribution in [0.2, 0.25) is 0 Å². The van der Waals surface area contributed by atoms with Gasteiger partial charge in [0.1, 0.15) is 11.6 Å². The summed E-state index contributed by atoms with van der Waals surface area (Å²) in [7, 11) is 0. The van der Waals surface area contributed by atoms with Crippen molar-refractivity contribution in [1.29, 1.82) is 0 Å². The van der Waals surface area contributed by atoms with Crippen LogP contribution in [0.4, 0.5) is 5.82 Å². The van der Waals surface area contributed by atoms with E-state index in [1.165, 1.54) is 0 Å². The zero-order chi connectivity index (χ0) is 17.3. The van der Waals surface area contributed by atoms with Crippen molar-refractivity contribution in [3.05, 3.63) is 17.6 Å². The molecule has 1 aliphatic rings. The van der Waals surface area contributed by atoms with Gasteiger partial charge >= 0.3 is 0 Å². The van der Waals surface area contributed by atoms with Crippen molar-refractivity contribution < 1.29 is 5.11 Å². The molecule has 5 heteroatoms. The maximum atomic E-state index is 9.08. The maximum Gasteiger partial charge on any atom is 0.136 e. The third-order valence-corrected chi connectivity index (χ3v) is 4.26. The number of β-amino-alcohol motifs (C(OH)–C–C–N with tert-alkyl or cyclic N) is 1. The highest BCUT2D eigenvalue weighted by Crippen LogP contribution is 2.28. The summed E-state index contributed by atoms with van der Waals surface area (Å²) in [6.45, 7) is 17.9. The number of nitrogens with zero attached hydrogens (tertiary/aromatic N) is 4. The van der Waals surface area contributed by atoms with Gasteiger partial charge in [0.2, 0.25) is 0 Å². The van der Waals surface area contributed by atoms with Gasteiger partial charge in [0.25, 0.3) is 0 Å². The SMILES string of the molecule is CC(C)(C)c1cc(N2CCN(CCO)CC2)nc(C(C)(C)C)n1. The van der Waals surface area contributed by atoms with Crippen LogP contribution in [0.5, 0.6) is 0 Å². The quantitative estimate of drug-likeness (QED) is 0.925. The number of aliphatic hydroxyl groups excluding tert-OH is 1. The lowest BCUT2D eigenvalue weighted by Crippen LogP contribution is -2.47. The zero-order valence-electron chi connectivity index (χ0n) is 15.6. The van der Waals surface area contributed by atoms with Gasteiger partial charge in [0, 0.05) is 49.6 Å². The molecule has 0 saturated carbocycles. The summed E-state index contributed by atoms with van der Waals surface area (Å²) < 4.78 is 0. The summed E-state index contributed by atoms with van der Waals surface area (Å²) in [5.74, 6) is 1.95. The zero-order valence-corrected chi connectivity index (χ0v) is 15.6. The van der Waals surface area contributed by atoms with E-state index in [0.29, 0.717) is 0 Å². The molecule has 130 valence electrons. The number of rotatable bonds is 3. The molecule has 1 fully saturated rings. The average Bonchev–Trinajstić information content (AvgIpc) is 2.46. The van der Waals surface area contributed by atoms with E-state index in [0.717, 1.165) is 50.1 Å². The molecular formula is C18H32N4O.